The van der Waals surface area contributed by atoms with Crippen molar-refractivity contribution in [2.45, 2.75) is 12.1 Å². The van der Waals surface area contributed by atoms with Crippen LogP contribution in [0.3, 0.4) is 0 Å². The monoisotopic (exact) mass is 314 g/mol. The number of esters is 1. The third-order valence-corrected chi connectivity index (χ3v) is 3.52. The van der Waals surface area contributed by atoms with E-state index in [0.29, 0.717) is 17.5 Å². The maximum Gasteiger partial charge on any atom is 0.316 e. The van der Waals surface area contributed by atoms with Gasteiger partial charge in [0.05, 0.1) is 18.1 Å². The second-order valence-corrected chi connectivity index (χ2v) is 5.13. The van der Waals surface area contributed by atoms with Gasteiger partial charge in [-0.05, 0) is 6.92 Å². The lowest BCUT2D eigenvalue weighted by atomic mass is 10.1. The molecule has 1 aromatic carbocycles. The molecule has 7 heteroatoms. The normalized spacial score (nSPS) is 10.0. The number of thioether (sulfide) groups is 1. The van der Waals surface area contributed by atoms with Crippen LogP contribution < -0.4 is 5.73 Å². The van der Waals surface area contributed by atoms with Gasteiger partial charge in [-0.15, -0.1) is 0 Å². The smallest absolute Gasteiger partial charge is 0.316 e. The average molecular weight is 314 g/mol. The number of hydrogen-bond donors (Lipinski definition) is 1. The first-order valence-electron chi connectivity index (χ1n) is 6.57. The molecular weight excluding hydrogens is 300 g/mol. The first-order chi connectivity index (χ1) is 10.7. The molecule has 0 saturated carbocycles. The Labute approximate surface area is 132 Å². The Morgan fingerprint density at radius 1 is 1.36 bits per heavy atom. The van der Waals surface area contributed by atoms with Crippen LogP contribution in [0.4, 0.5) is 5.82 Å². The maximum absolute atomic E-state index is 11.4. The molecule has 112 valence electrons. The van der Waals surface area contributed by atoms with Gasteiger partial charge in [0.2, 0.25) is 0 Å². The molecule has 1 heterocycles. The molecule has 0 unspecified atom stereocenters. The zero-order valence-corrected chi connectivity index (χ0v) is 12.8. The summed E-state index contributed by atoms with van der Waals surface area (Å²) in [5.74, 6) is -0.157. The van der Waals surface area contributed by atoms with Crippen LogP contribution in [0.1, 0.15) is 12.5 Å². The molecule has 0 bridgehead atoms. The van der Waals surface area contributed by atoms with E-state index in [2.05, 4.69) is 9.97 Å². The van der Waals surface area contributed by atoms with Crippen LogP contribution in [0.15, 0.2) is 35.5 Å². The van der Waals surface area contributed by atoms with Crippen LogP contribution in [0.5, 0.6) is 0 Å². The fourth-order valence-corrected chi connectivity index (χ4v) is 2.41. The van der Waals surface area contributed by atoms with Gasteiger partial charge in [-0.3, -0.25) is 4.79 Å². The van der Waals surface area contributed by atoms with E-state index in [4.69, 9.17) is 10.5 Å². The highest BCUT2D eigenvalue weighted by molar-refractivity contribution is 7.99. The molecule has 1 aromatic heterocycles. The number of nitrogens with two attached hydrogens (primary N) is 1. The fraction of sp³-hybridized carbons (Fsp3) is 0.200. The van der Waals surface area contributed by atoms with Gasteiger partial charge in [0.25, 0.3) is 0 Å². The number of ether oxygens (including phenoxy) is 1. The molecule has 0 aliphatic rings. The van der Waals surface area contributed by atoms with Crippen molar-refractivity contribution in [1.82, 2.24) is 9.97 Å². The SMILES string of the molecule is CCOC(=O)CSc1nc(N)c(C#N)c(-c2ccccc2)n1. The summed E-state index contributed by atoms with van der Waals surface area (Å²) in [5, 5.41) is 9.59. The van der Waals surface area contributed by atoms with E-state index in [0.717, 1.165) is 17.3 Å². The van der Waals surface area contributed by atoms with E-state index >= 15 is 0 Å². The van der Waals surface area contributed by atoms with Crippen LogP contribution in [0.2, 0.25) is 0 Å². The Hall–Kier alpha value is -2.59. The van der Waals surface area contributed by atoms with Crippen molar-refractivity contribution in [2.75, 3.05) is 18.1 Å². The minimum atomic E-state index is -0.347. The van der Waals surface area contributed by atoms with Gasteiger partial charge in [-0.2, -0.15) is 5.26 Å². The van der Waals surface area contributed by atoms with E-state index < -0.39 is 0 Å². The summed E-state index contributed by atoms with van der Waals surface area (Å²) in [5.41, 5.74) is 7.29. The first-order valence-corrected chi connectivity index (χ1v) is 7.55. The van der Waals surface area contributed by atoms with Gasteiger partial charge in [0.15, 0.2) is 5.16 Å². The zero-order chi connectivity index (χ0) is 15.9. The summed E-state index contributed by atoms with van der Waals surface area (Å²) >= 11 is 1.12. The molecule has 0 atom stereocenters. The Balaban J connectivity index is 2.33. The summed E-state index contributed by atoms with van der Waals surface area (Å²) in [6.45, 7) is 2.07. The topological polar surface area (TPSA) is 102 Å². The van der Waals surface area contributed by atoms with E-state index in [1.807, 2.05) is 36.4 Å². The van der Waals surface area contributed by atoms with E-state index in [-0.39, 0.29) is 23.1 Å². The van der Waals surface area contributed by atoms with Crippen LogP contribution in [-0.4, -0.2) is 28.3 Å². The number of rotatable bonds is 5. The van der Waals surface area contributed by atoms with Crippen molar-refractivity contribution in [1.29, 1.82) is 5.26 Å². The highest BCUT2D eigenvalue weighted by atomic mass is 32.2. The lowest BCUT2D eigenvalue weighted by molar-refractivity contribution is -0.139. The van der Waals surface area contributed by atoms with Crippen molar-refractivity contribution in [3.05, 3.63) is 35.9 Å². The summed E-state index contributed by atoms with van der Waals surface area (Å²) < 4.78 is 4.85. The van der Waals surface area contributed by atoms with Crippen LogP contribution in [0, 0.1) is 11.3 Å². The van der Waals surface area contributed by atoms with Crippen molar-refractivity contribution in [3.8, 4) is 17.3 Å². The van der Waals surface area contributed by atoms with Crippen LogP contribution >= 0.6 is 11.8 Å². The lowest BCUT2D eigenvalue weighted by Gasteiger charge is -2.08. The third kappa shape index (κ3) is 3.74. The van der Waals surface area contributed by atoms with E-state index in [9.17, 15) is 10.1 Å². The Kier molecular flexibility index (Phi) is 5.33. The largest absolute Gasteiger partial charge is 0.465 e. The quantitative estimate of drug-likeness (QED) is 0.513. The first kappa shape index (κ1) is 15.8. The molecule has 0 aliphatic carbocycles. The highest BCUT2D eigenvalue weighted by Gasteiger charge is 2.15. The van der Waals surface area contributed by atoms with Gasteiger partial charge < -0.3 is 10.5 Å². The van der Waals surface area contributed by atoms with Crippen LogP contribution in [-0.2, 0) is 9.53 Å². The summed E-state index contributed by atoms with van der Waals surface area (Å²) in [6, 6.07) is 11.3. The van der Waals surface area contributed by atoms with Gasteiger partial charge in [-0.1, -0.05) is 42.1 Å². The third-order valence-electron chi connectivity index (χ3n) is 2.70. The Bertz CT molecular complexity index is 713. The molecule has 0 saturated heterocycles. The highest BCUT2D eigenvalue weighted by Crippen LogP contribution is 2.27. The molecular formula is C15H14N4O2S. The molecule has 0 fully saturated rings. The Morgan fingerprint density at radius 2 is 2.09 bits per heavy atom. The molecule has 2 aromatic rings. The standard InChI is InChI=1S/C15H14N4O2S/c1-2-21-12(20)9-22-15-18-13(10-6-4-3-5-7-10)11(8-16)14(17)19-15/h3-7H,2,9H2,1H3,(H2,17,18,19). The van der Waals surface area contributed by atoms with Crippen molar-refractivity contribution in [3.63, 3.8) is 0 Å². The number of hydrogen-bond acceptors (Lipinski definition) is 7. The minimum absolute atomic E-state index is 0.0907. The number of aromatic nitrogens is 2. The van der Waals surface area contributed by atoms with Crippen LogP contribution in [0.25, 0.3) is 11.3 Å². The number of nitrogens with zero attached hydrogens (tertiary/aromatic N) is 3. The summed E-state index contributed by atoms with van der Waals surface area (Å²) in [4.78, 5) is 19.8. The maximum atomic E-state index is 11.4. The van der Waals surface area contributed by atoms with Crippen molar-refractivity contribution >= 4 is 23.5 Å². The minimum Gasteiger partial charge on any atom is -0.465 e. The zero-order valence-electron chi connectivity index (χ0n) is 11.9. The number of benzene rings is 1. The number of carbonyl (C=O) groups excluding carboxylic acids is 1. The fourth-order valence-electron chi connectivity index (χ4n) is 1.76. The van der Waals surface area contributed by atoms with Gasteiger partial charge in [0, 0.05) is 5.56 Å². The lowest BCUT2D eigenvalue weighted by Crippen LogP contribution is -2.08. The van der Waals surface area contributed by atoms with E-state index in [1.54, 1.807) is 6.92 Å². The molecule has 0 aliphatic heterocycles. The predicted molar refractivity (Wildman–Crippen MR) is 84.0 cm³/mol. The number of carbonyl (C=O) groups is 1. The molecule has 2 rings (SSSR count). The molecule has 2 N–H and O–H groups in total. The second kappa shape index (κ2) is 7.43. The number of anilines is 1. The Morgan fingerprint density at radius 3 is 2.73 bits per heavy atom. The van der Waals surface area contributed by atoms with Gasteiger partial charge in [0.1, 0.15) is 17.5 Å². The molecule has 0 spiro atoms. The van der Waals surface area contributed by atoms with E-state index in [1.165, 1.54) is 0 Å². The number of nitrogen functional groups attached to an aromatic ring is 1. The molecule has 0 amide bonds. The van der Waals surface area contributed by atoms with Gasteiger partial charge >= 0.3 is 5.97 Å². The molecule has 22 heavy (non-hydrogen) atoms. The summed E-state index contributed by atoms with van der Waals surface area (Å²) in [6.07, 6.45) is 0. The summed E-state index contributed by atoms with van der Waals surface area (Å²) in [7, 11) is 0. The second-order valence-electron chi connectivity index (χ2n) is 4.19. The predicted octanol–water partition coefficient (Wildman–Crippen LogP) is 2.25. The molecule has 0 radical (unpaired) electrons. The van der Waals surface area contributed by atoms with Crippen molar-refractivity contribution < 1.29 is 9.53 Å². The average Bonchev–Trinajstić information content (AvgIpc) is 2.53. The van der Waals surface area contributed by atoms with Gasteiger partial charge in [-0.25, -0.2) is 9.97 Å². The number of nitriles is 1. The van der Waals surface area contributed by atoms with Crippen molar-refractivity contribution in [2.24, 2.45) is 0 Å². The molecule has 6 nitrogen and oxygen atoms in total.